The summed E-state index contributed by atoms with van der Waals surface area (Å²) in [6, 6.07) is 11.1. The van der Waals surface area contributed by atoms with Crippen molar-refractivity contribution in [3.05, 3.63) is 53.9 Å². The molecule has 156 valence electrons. The van der Waals surface area contributed by atoms with Crippen LogP contribution in [-0.4, -0.2) is 47.5 Å². The van der Waals surface area contributed by atoms with Crippen LogP contribution >= 0.6 is 0 Å². The third-order valence-electron chi connectivity index (χ3n) is 6.29. The first-order valence-corrected chi connectivity index (χ1v) is 10.8. The predicted molar refractivity (Wildman–Crippen MR) is 123 cm³/mol. The van der Waals surface area contributed by atoms with Crippen LogP contribution in [0, 0.1) is 12.8 Å². The van der Waals surface area contributed by atoms with Crippen molar-refractivity contribution in [3.63, 3.8) is 0 Å². The fourth-order valence-corrected chi connectivity index (χ4v) is 4.45. The Labute approximate surface area is 178 Å². The Bertz CT molecular complexity index is 1080. The first-order valence-electron chi connectivity index (χ1n) is 10.8. The molecule has 3 aromatic rings. The summed E-state index contributed by atoms with van der Waals surface area (Å²) in [4.78, 5) is 25.2. The Morgan fingerprint density at radius 3 is 2.73 bits per heavy atom. The minimum Gasteiger partial charge on any atom is -0.375 e. The second kappa shape index (κ2) is 8.42. The molecule has 0 saturated carbocycles. The third kappa shape index (κ3) is 4.02. The molecule has 2 aromatic carbocycles. The van der Waals surface area contributed by atoms with Crippen molar-refractivity contribution in [3.8, 4) is 11.1 Å². The molecule has 5 nitrogen and oxygen atoms in total. The number of carbonyl (C=O) groups excluding carboxylic acids is 1. The van der Waals surface area contributed by atoms with Crippen molar-refractivity contribution >= 4 is 22.6 Å². The Hall–Kier alpha value is -2.95. The van der Waals surface area contributed by atoms with Gasteiger partial charge in [-0.3, -0.25) is 14.8 Å². The number of anilines is 1. The lowest BCUT2D eigenvalue weighted by atomic mass is 9.93. The second-order valence-electron chi connectivity index (χ2n) is 8.41. The molecule has 0 bridgehead atoms. The van der Waals surface area contributed by atoms with Gasteiger partial charge in [0.05, 0.1) is 11.0 Å². The van der Waals surface area contributed by atoms with E-state index >= 15 is 0 Å². The summed E-state index contributed by atoms with van der Waals surface area (Å²) in [7, 11) is 2.13. The number of amides is 1. The highest BCUT2D eigenvalue weighted by atomic mass is 16.2. The lowest BCUT2D eigenvalue weighted by molar-refractivity contribution is -0.127. The van der Waals surface area contributed by atoms with Gasteiger partial charge in [0, 0.05) is 57.3 Å². The standard InChI is InChI=1S/C25H30N4O/c1-5-28(4)24-15-21(7-6-17(24)2)22-13-20(14-23-25(22)27-10-9-26-23)12-19-8-11-29(16-19)18(3)30/h6-7,9-10,13-15,19H,5,8,11-12,16H2,1-4H3/t19-/m1/s1. The van der Waals surface area contributed by atoms with Gasteiger partial charge in [-0.15, -0.1) is 0 Å². The van der Waals surface area contributed by atoms with Crippen LogP contribution in [0.25, 0.3) is 22.2 Å². The number of nitrogens with zero attached hydrogens (tertiary/aromatic N) is 4. The Kier molecular flexibility index (Phi) is 5.71. The van der Waals surface area contributed by atoms with E-state index in [-0.39, 0.29) is 5.91 Å². The van der Waals surface area contributed by atoms with Crippen LogP contribution in [0.15, 0.2) is 42.7 Å². The number of carbonyl (C=O) groups is 1. The quantitative estimate of drug-likeness (QED) is 0.632. The summed E-state index contributed by atoms with van der Waals surface area (Å²) in [5.74, 6) is 0.672. The molecule has 2 heterocycles. The van der Waals surface area contributed by atoms with Gasteiger partial charge < -0.3 is 9.80 Å². The highest BCUT2D eigenvalue weighted by molar-refractivity contribution is 5.93. The van der Waals surface area contributed by atoms with E-state index in [4.69, 9.17) is 0 Å². The number of benzene rings is 2. The van der Waals surface area contributed by atoms with Crippen molar-refractivity contribution in [2.45, 2.75) is 33.6 Å². The van der Waals surface area contributed by atoms with Crippen LogP contribution in [0.1, 0.15) is 31.4 Å². The molecule has 0 radical (unpaired) electrons. The fraction of sp³-hybridized carbons (Fsp3) is 0.400. The first-order chi connectivity index (χ1) is 14.5. The third-order valence-corrected chi connectivity index (χ3v) is 6.29. The Morgan fingerprint density at radius 2 is 2.00 bits per heavy atom. The maximum absolute atomic E-state index is 11.7. The van der Waals surface area contributed by atoms with Crippen molar-refractivity contribution < 1.29 is 4.79 Å². The molecule has 1 aromatic heterocycles. The molecule has 0 unspecified atom stereocenters. The molecule has 0 aliphatic carbocycles. The normalized spacial score (nSPS) is 16.3. The molecule has 0 N–H and O–H groups in total. The lowest BCUT2D eigenvalue weighted by Crippen LogP contribution is -2.26. The molecule has 5 heteroatoms. The second-order valence-corrected chi connectivity index (χ2v) is 8.41. The van der Waals surface area contributed by atoms with Crippen molar-refractivity contribution in [1.29, 1.82) is 0 Å². The summed E-state index contributed by atoms with van der Waals surface area (Å²) >= 11 is 0. The molecule has 30 heavy (non-hydrogen) atoms. The lowest BCUT2D eigenvalue weighted by Gasteiger charge is -2.21. The number of likely N-dealkylation sites (tertiary alicyclic amines) is 1. The molecule has 4 rings (SSSR count). The highest BCUT2D eigenvalue weighted by Gasteiger charge is 2.24. The summed E-state index contributed by atoms with van der Waals surface area (Å²) < 4.78 is 0. The van der Waals surface area contributed by atoms with Gasteiger partial charge in [0.15, 0.2) is 0 Å². The van der Waals surface area contributed by atoms with E-state index in [1.165, 1.54) is 22.4 Å². The van der Waals surface area contributed by atoms with Gasteiger partial charge in [0.1, 0.15) is 0 Å². The molecule has 1 amide bonds. The molecule has 1 fully saturated rings. The largest absolute Gasteiger partial charge is 0.375 e. The summed E-state index contributed by atoms with van der Waals surface area (Å²) in [6.07, 6.45) is 5.54. The van der Waals surface area contributed by atoms with E-state index in [1.54, 1.807) is 19.3 Å². The number of aryl methyl sites for hydroxylation is 1. The van der Waals surface area contributed by atoms with Gasteiger partial charge in [-0.05, 0) is 67.5 Å². The van der Waals surface area contributed by atoms with Crippen molar-refractivity contribution in [2.24, 2.45) is 5.92 Å². The predicted octanol–water partition coefficient (Wildman–Crippen LogP) is 4.47. The summed E-state index contributed by atoms with van der Waals surface area (Å²) in [5, 5.41) is 0. The minimum atomic E-state index is 0.176. The van der Waals surface area contributed by atoms with E-state index in [0.717, 1.165) is 49.1 Å². The number of hydrogen-bond donors (Lipinski definition) is 0. The smallest absolute Gasteiger partial charge is 0.219 e. The van der Waals surface area contributed by atoms with Gasteiger partial charge in [-0.1, -0.05) is 12.1 Å². The molecular weight excluding hydrogens is 372 g/mol. The molecule has 1 atom stereocenters. The topological polar surface area (TPSA) is 49.3 Å². The molecule has 0 spiro atoms. The van der Waals surface area contributed by atoms with Gasteiger partial charge in [-0.2, -0.15) is 0 Å². The van der Waals surface area contributed by atoms with Crippen LogP contribution in [0.5, 0.6) is 0 Å². The number of aromatic nitrogens is 2. The average Bonchev–Trinajstić information content (AvgIpc) is 3.22. The average molecular weight is 403 g/mol. The Balaban J connectivity index is 1.74. The number of hydrogen-bond acceptors (Lipinski definition) is 4. The number of fused-ring (bicyclic) bond motifs is 1. The van der Waals surface area contributed by atoms with Crippen LogP contribution in [-0.2, 0) is 11.2 Å². The van der Waals surface area contributed by atoms with Crippen molar-refractivity contribution in [1.82, 2.24) is 14.9 Å². The van der Waals surface area contributed by atoms with Crippen LogP contribution in [0.2, 0.25) is 0 Å². The minimum absolute atomic E-state index is 0.176. The van der Waals surface area contributed by atoms with Crippen LogP contribution in [0.3, 0.4) is 0 Å². The van der Waals surface area contributed by atoms with Crippen LogP contribution in [0.4, 0.5) is 5.69 Å². The summed E-state index contributed by atoms with van der Waals surface area (Å²) in [6.45, 7) is 8.65. The van der Waals surface area contributed by atoms with Crippen LogP contribution < -0.4 is 4.90 Å². The van der Waals surface area contributed by atoms with E-state index < -0.39 is 0 Å². The molecule has 1 aliphatic rings. The fourth-order valence-electron chi connectivity index (χ4n) is 4.45. The van der Waals surface area contributed by atoms with Crippen molar-refractivity contribution in [2.75, 3.05) is 31.6 Å². The zero-order valence-electron chi connectivity index (χ0n) is 18.4. The molecule has 1 aliphatic heterocycles. The molecule has 1 saturated heterocycles. The van der Waals surface area contributed by atoms with Gasteiger partial charge >= 0.3 is 0 Å². The SMILES string of the molecule is CCN(C)c1cc(-c2cc(C[C@H]3CCN(C(C)=O)C3)cc3nccnc23)ccc1C. The number of rotatable bonds is 5. The van der Waals surface area contributed by atoms with Gasteiger partial charge in [0.2, 0.25) is 5.91 Å². The maximum atomic E-state index is 11.7. The van der Waals surface area contributed by atoms with Gasteiger partial charge in [0.25, 0.3) is 0 Å². The highest BCUT2D eigenvalue weighted by Crippen LogP contribution is 2.33. The Morgan fingerprint density at radius 1 is 1.20 bits per heavy atom. The zero-order chi connectivity index (χ0) is 21.3. The molecular formula is C25H30N4O. The summed E-state index contributed by atoms with van der Waals surface area (Å²) in [5.41, 5.74) is 7.93. The zero-order valence-corrected chi connectivity index (χ0v) is 18.4. The maximum Gasteiger partial charge on any atom is 0.219 e. The van der Waals surface area contributed by atoms with E-state index in [2.05, 4.69) is 66.1 Å². The monoisotopic (exact) mass is 402 g/mol. The first kappa shape index (κ1) is 20.3. The van der Waals surface area contributed by atoms with E-state index in [1.807, 2.05) is 4.90 Å². The van der Waals surface area contributed by atoms with Gasteiger partial charge in [-0.25, -0.2) is 0 Å². The van der Waals surface area contributed by atoms with E-state index in [0.29, 0.717) is 5.92 Å². The van der Waals surface area contributed by atoms with E-state index in [9.17, 15) is 4.79 Å².